The first-order chi connectivity index (χ1) is 11.7. The van der Waals surface area contributed by atoms with E-state index in [2.05, 4.69) is 15.1 Å². The molecule has 0 saturated carbocycles. The van der Waals surface area contributed by atoms with Crippen LogP contribution < -0.4 is 5.73 Å². The van der Waals surface area contributed by atoms with Crippen molar-refractivity contribution in [1.29, 1.82) is 0 Å². The highest BCUT2D eigenvalue weighted by Crippen LogP contribution is 2.26. The smallest absolute Gasteiger partial charge is 0.163 e. The van der Waals surface area contributed by atoms with Crippen molar-refractivity contribution >= 4 is 16.9 Å². The van der Waals surface area contributed by atoms with Crippen LogP contribution in [0.2, 0.25) is 0 Å². The molecule has 0 amide bonds. The van der Waals surface area contributed by atoms with Crippen molar-refractivity contribution in [2.24, 2.45) is 0 Å². The lowest BCUT2D eigenvalue weighted by Gasteiger charge is -2.03. The Bertz CT molecular complexity index is 831. The molecular formula is C17H21N5O2. The lowest BCUT2D eigenvalue weighted by atomic mass is 10.1. The number of phenolic OH excluding ortho intramolecular Hbond substituents is 1. The fraction of sp³-hybridized carbons (Fsp3) is 0.353. The Morgan fingerprint density at radius 2 is 2.08 bits per heavy atom. The van der Waals surface area contributed by atoms with E-state index in [0.29, 0.717) is 37.6 Å². The number of nitrogens with two attached hydrogens (primary N) is 1. The number of nitrogens with zero attached hydrogens (tertiary/aromatic N) is 4. The Morgan fingerprint density at radius 3 is 2.88 bits per heavy atom. The number of benzene rings is 1. The number of hydrogen-bond donors (Lipinski definition) is 2. The maximum atomic E-state index is 10.0. The van der Waals surface area contributed by atoms with Crippen LogP contribution in [0.15, 0.2) is 30.6 Å². The standard InChI is InChI=1S/C17H21N5O2/c1-2-24-9-5-8-22-17-15(16(18)19-11-20-17)13(21-22)10-12-6-3-4-7-14(12)23/h3-4,6-7,11,23H,2,5,8-10H2,1H3,(H2,18,19,20). The average molecular weight is 327 g/mol. The molecule has 3 aromatic rings. The summed E-state index contributed by atoms with van der Waals surface area (Å²) in [6, 6.07) is 7.21. The van der Waals surface area contributed by atoms with E-state index in [1.807, 2.05) is 23.7 Å². The van der Waals surface area contributed by atoms with Crippen LogP contribution in [0.3, 0.4) is 0 Å². The van der Waals surface area contributed by atoms with Gasteiger partial charge in [-0.3, -0.25) is 0 Å². The summed E-state index contributed by atoms with van der Waals surface area (Å²) in [7, 11) is 0. The first kappa shape index (κ1) is 16.2. The van der Waals surface area contributed by atoms with Crippen LogP contribution in [-0.4, -0.2) is 38.1 Å². The zero-order valence-electron chi connectivity index (χ0n) is 13.6. The number of phenols is 1. The van der Waals surface area contributed by atoms with Crippen molar-refractivity contribution in [3.05, 3.63) is 41.9 Å². The predicted molar refractivity (Wildman–Crippen MR) is 91.8 cm³/mol. The molecule has 0 aliphatic rings. The van der Waals surface area contributed by atoms with Crippen molar-refractivity contribution in [1.82, 2.24) is 19.7 Å². The van der Waals surface area contributed by atoms with Gasteiger partial charge in [-0.2, -0.15) is 5.10 Å². The molecule has 2 aromatic heterocycles. The number of hydrogen-bond acceptors (Lipinski definition) is 6. The van der Waals surface area contributed by atoms with Crippen LogP contribution in [0, 0.1) is 0 Å². The molecule has 0 fully saturated rings. The third kappa shape index (κ3) is 3.30. The molecule has 7 heteroatoms. The molecule has 3 N–H and O–H groups in total. The summed E-state index contributed by atoms with van der Waals surface area (Å²) in [6.45, 7) is 4.04. The van der Waals surface area contributed by atoms with Crippen LogP contribution in [0.5, 0.6) is 5.75 Å². The molecular weight excluding hydrogens is 306 g/mol. The minimum atomic E-state index is 0.243. The van der Waals surface area contributed by atoms with E-state index in [9.17, 15) is 5.11 Å². The number of anilines is 1. The molecule has 7 nitrogen and oxygen atoms in total. The third-order valence-corrected chi connectivity index (χ3v) is 3.84. The molecule has 0 atom stereocenters. The van der Waals surface area contributed by atoms with Gasteiger partial charge in [-0.05, 0) is 25.0 Å². The number of ether oxygens (including phenoxy) is 1. The van der Waals surface area contributed by atoms with Gasteiger partial charge in [-0.1, -0.05) is 18.2 Å². The quantitative estimate of drug-likeness (QED) is 0.645. The Balaban J connectivity index is 1.94. The van der Waals surface area contributed by atoms with Gasteiger partial charge in [0.2, 0.25) is 0 Å². The number of aromatic hydroxyl groups is 1. The molecule has 0 aliphatic carbocycles. The van der Waals surface area contributed by atoms with Gasteiger partial charge >= 0.3 is 0 Å². The Hall–Kier alpha value is -2.67. The number of aromatic nitrogens is 4. The lowest BCUT2D eigenvalue weighted by Crippen LogP contribution is -2.05. The molecule has 1 aromatic carbocycles. The molecule has 3 rings (SSSR count). The monoisotopic (exact) mass is 327 g/mol. The second kappa shape index (κ2) is 7.27. The van der Waals surface area contributed by atoms with Gasteiger partial charge in [0.25, 0.3) is 0 Å². The molecule has 24 heavy (non-hydrogen) atoms. The van der Waals surface area contributed by atoms with Gasteiger partial charge in [0.1, 0.15) is 17.9 Å². The summed E-state index contributed by atoms with van der Waals surface area (Å²) in [6.07, 6.45) is 2.76. The fourth-order valence-electron chi connectivity index (χ4n) is 2.69. The minimum Gasteiger partial charge on any atom is -0.508 e. The van der Waals surface area contributed by atoms with Crippen molar-refractivity contribution in [3.63, 3.8) is 0 Å². The summed E-state index contributed by atoms with van der Waals surface area (Å²) < 4.78 is 7.21. The number of para-hydroxylation sites is 1. The third-order valence-electron chi connectivity index (χ3n) is 3.84. The molecule has 0 saturated heterocycles. The van der Waals surface area contributed by atoms with Crippen molar-refractivity contribution in [3.8, 4) is 5.75 Å². The number of aryl methyl sites for hydroxylation is 1. The van der Waals surface area contributed by atoms with Crippen molar-refractivity contribution in [2.75, 3.05) is 18.9 Å². The first-order valence-electron chi connectivity index (χ1n) is 8.01. The van der Waals surface area contributed by atoms with Crippen LogP contribution in [0.1, 0.15) is 24.6 Å². The van der Waals surface area contributed by atoms with E-state index in [1.54, 1.807) is 12.1 Å². The van der Waals surface area contributed by atoms with Crippen molar-refractivity contribution < 1.29 is 9.84 Å². The van der Waals surface area contributed by atoms with E-state index in [0.717, 1.165) is 23.1 Å². The average Bonchev–Trinajstić information content (AvgIpc) is 2.93. The van der Waals surface area contributed by atoms with Gasteiger partial charge < -0.3 is 15.6 Å². The Kier molecular flexibility index (Phi) is 4.90. The first-order valence-corrected chi connectivity index (χ1v) is 8.01. The number of fused-ring (bicyclic) bond motifs is 1. The SMILES string of the molecule is CCOCCCn1nc(Cc2ccccc2O)c2c(N)ncnc21. The second-order valence-electron chi connectivity index (χ2n) is 5.48. The summed E-state index contributed by atoms with van der Waals surface area (Å²) in [5.41, 5.74) is 8.32. The summed E-state index contributed by atoms with van der Waals surface area (Å²) in [5, 5.41) is 15.4. The largest absolute Gasteiger partial charge is 0.508 e. The van der Waals surface area contributed by atoms with E-state index in [1.165, 1.54) is 6.33 Å². The Labute approximate surface area is 140 Å². The highest BCUT2D eigenvalue weighted by atomic mass is 16.5. The fourth-order valence-corrected chi connectivity index (χ4v) is 2.69. The van der Waals surface area contributed by atoms with Crippen LogP contribution in [0.4, 0.5) is 5.82 Å². The lowest BCUT2D eigenvalue weighted by molar-refractivity contribution is 0.141. The number of rotatable bonds is 7. The highest BCUT2D eigenvalue weighted by Gasteiger charge is 2.16. The Morgan fingerprint density at radius 1 is 1.25 bits per heavy atom. The summed E-state index contributed by atoms with van der Waals surface area (Å²) in [5.74, 6) is 0.647. The minimum absolute atomic E-state index is 0.243. The molecule has 0 radical (unpaired) electrons. The predicted octanol–water partition coefficient (Wildman–Crippen LogP) is 2.13. The van der Waals surface area contributed by atoms with E-state index in [-0.39, 0.29) is 5.75 Å². The maximum absolute atomic E-state index is 10.0. The zero-order valence-corrected chi connectivity index (χ0v) is 13.6. The van der Waals surface area contributed by atoms with E-state index < -0.39 is 0 Å². The van der Waals surface area contributed by atoms with Gasteiger partial charge in [0.05, 0.1) is 11.1 Å². The van der Waals surface area contributed by atoms with Crippen LogP contribution >= 0.6 is 0 Å². The zero-order chi connectivity index (χ0) is 16.9. The molecule has 2 heterocycles. The van der Waals surface area contributed by atoms with Gasteiger partial charge in [-0.25, -0.2) is 14.6 Å². The topological polar surface area (TPSA) is 99.1 Å². The van der Waals surface area contributed by atoms with E-state index >= 15 is 0 Å². The normalized spacial score (nSPS) is 11.2. The van der Waals surface area contributed by atoms with E-state index in [4.69, 9.17) is 10.5 Å². The molecule has 0 unspecified atom stereocenters. The van der Waals surface area contributed by atoms with Crippen LogP contribution in [-0.2, 0) is 17.7 Å². The molecule has 0 bridgehead atoms. The van der Waals surface area contributed by atoms with Gasteiger partial charge in [-0.15, -0.1) is 0 Å². The molecule has 0 spiro atoms. The molecule has 126 valence electrons. The molecule has 0 aliphatic heterocycles. The second-order valence-corrected chi connectivity index (χ2v) is 5.48. The van der Waals surface area contributed by atoms with Gasteiger partial charge in [0.15, 0.2) is 5.65 Å². The number of nitrogen functional groups attached to an aromatic ring is 1. The van der Waals surface area contributed by atoms with Crippen LogP contribution in [0.25, 0.3) is 11.0 Å². The van der Waals surface area contributed by atoms with Gasteiger partial charge in [0, 0.05) is 26.2 Å². The maximum Gasteiger partial charge on any atom is 0.163 e. The van der Waals surface area contributed by atoms with Crippen molar-refractivity contribution in [2.45, 2.75) is 26.3 Å². The summed E-state index contributed by atoms with van der Waals surface area (Å²) >= 11 is 0. The highest BCUT2D eigenvalue weighted by molar-refractivity contribution is 5.88. The summed E-state index contributed by atoms with van der Waals surface area (Å²) in [4.78, 5) is 8.41.